The summed E-state index contributed by atoms with van der Waals surface area (Å²) in [6.45, 7) is 14.9. The zero-order valence-electron chi connectivity index (χ0n) is 30.1. The summed E-state index contributed by atoms with van der Waals surface area (Å²) < 4.78 is 13.6. The van der Waals surface area contributed by atoms with Crippen LogP contribution in [0.15, 0.2) is 71.5 Å². The van der Waals surface area contributed by atoms with Crippen LogP contribution in [0.2, 0.25) is 5.02 Å². The molecular weight excluding hydrogens is 652 g/mol. The smallest absolute Gasteiger partial charge is 0.266 e. The molecule has 0 aliphatic carbocycles. The molecule has 6 rings (SSSR count). The van der Waals surface area contributed by atoms with Crippen molar-refractivity contribution in [3.63, 3.8) is 0 Å². The van der Waals surface area contributed by atoms with E-state index in [2.05, 4.69) is 41.7 Å². The van der Waals surface area contributed by atoms with Gasteiger partial charge in [-0.2, -0.15) is 0 Å². The van der Waals surface area contributed by atoms with E-state index in [-0.39, 0.29) is 24.2 Å². The van der Waals surface area contributed by atoms with Crippen LogP contribution in [0.1, 0.15) is 46.4 Å². The Bertz CT molecular complexity index is 1760. The van der Waals surface area contributed by atoms with E-state index in [1.165, 1.54) is 12.8 Å². The van der Waals surface area contributed by atoms with Crippen molar-refractivity contribution in [3.8, 4) is 17.2 Å². The van der Waals surface area contributed by atoms with Gasteiger partial charge in [0, 0.05) is 63.1 Å². The van der Waals surface area contributed by atoms with Crippen molar-refractivity contribution in [1.82, 2.24) is 24.3 Å². The number of carbonyl (C=O) groups is 1. The fourth-order valence-corrected chi connectivity index (χ4v) is 6.08. The molecule has 0 N–H and O–H groups in total. The third kappa shape index (κ3) is 9.56. The normalized spacial score (nSPS) is 15.6. The molecule has 0 radical (unpaired) electrons. The van der Waals surface area contributed by atoms with Crippen LogP contribution in [0.5, 0.6) is 11.5 Å². The molecule has 1 amide bonds. The summed E-state index contributed by atoms with van der Waals surface area (Å²) in [5.74, 6) is 1.81. The van der Waals surface area contributed by atoms with Crippen molar-refractivity contribution < 1.29 is 14.3 Å². The number of hydrogen-bond acceptors (Lipinski definition) is 8. The molecule has 1 aromatic heterocycles. The van der Waals surface area contributed by atoms with E-state index in [0.29, 0.717) is 71.7 Å². The van der Waals surface area contributed by atoms with Crippen molar-refractivity contribution in [2.75, 3.05) is 70.9 Å². The highest BCUT2D eigenvalue weighted by molar-refractivity contribution is 6.30. The summed E-state index contributed by atoms with van der Waals surface area (Å²) in [4.78, 5) is 41.1. The van der Waals surface area contributed by atoms with Gasteiger partial charge in [0.25, 0.3) is 11.5 Å². The van der Waals surface area contributed by atoms with Crippen molar-refractivity contribution in [1.29, 1.82) is 0 Å². The Morgan fingerprint density at radius 1 is 0.880 bits per heavy atom. The Balaban J connectivity index is 0.00000115. The number of likely N-dealkylation sites (N-methyl/N-ethyl adjacent to an activating group) is 1. The molecule has 4 aromatic rings. The molecule has 10 nitrogen and oxygen atoms in total. The number of benzene rings is 3. The second kappa shape index (κ2) is 17.7. The highest BCUT2D eigenvalue weighted by Crippen LogP contribution is 2.27. The number of nitrogens with zero attached hydrogens (tertiary/aromatic N) is 6. The minimum Gasteiger partial charge on any atom is -0.489 e. The van der Waals surface area contributed by atoms with E-state index in [1.54, 1.807) is 28.8 Å². The summed E-state index contributed by atoms with van der Waals surface area (Å²) in [6, 6.07) is 20.6. The Morgan fingerprint density at radius 2 is 1.56 bits per heavy atom. The fraction of sp³-hybridized carbons (Fsp3) is 0.462. The number of anilines is 1. The maximum absolute atomic E-state index is 14.4. The number of ether oxygens (including phenoxy) is 2. The SMILES string of the molecule is CC(C)Oc1ccccc1-n1c(CN2CCN(C(=O)COc3ccc(Cl)cc3)CC2)nc2ccc(N3CCN(C)CC3)cc2c1=O.CCCC. The van der Waals surface area contributed by atoms with Gasteiger partial charge in [0.05, 0.1) is 29.2 Å². The number of hydrogen-bond donors (Lipinski definition) is 0. The largest absolute Gasteiger partial charge is 0.489 e. The summed E-state index contributed by atoms with van der Waals surface area (Å²) in [5, 5.41) is 1.20. The van der Waals surface area contributed by atoms with Crippen LogP contribution >= 0.6 is 11.6 Å². The first-order valence-corrected chi connectivity index (χ1v) is 18.2. The van der Waals surface area contributed by atoms with Crippen molar-refractivity contribution >= 4 is 34.1 Å². The molecule has 0 bridgehead atoms. The topological polar surface area (TPSA) is 83.4 Å². The van der Waals surface area contributed by atoms with E-state index in [0.717, 1.165) is 31.9 Å². The quantitative estimate of drug-likeness (QED) is 0.196. The number of carbonyl (C=O) groups excluding carboxylic acids is 1. The molecule has 50 heavy (non-hydrogen) atoms. The number of para-hydroxylation sites is 2. The first-order chi connectivity index (χ1) is 24.2. The van der Waals surface area contributed by atoms with E-state index < -0.39 is 0 Å². The lowest BCUT2D eigenvalue weighted by atomic mass is 10.1. The molecule has 2 aliphatic heterocycles. The lowest BCUT2D eigenvalue weighted by Crippen LogP contribution is -2.50. The average Bonchev–Trinajstić information content (AvgIpc) is 3.12. The zero-order valence-corrected chi connectivity index (χ0v) is 30.9. The van der Waals surface area contributed by atoms with Gasteiger partial charge >= 0.3 is 0 Å². The lowest BCUT2D eigenvalue weighted by molar-refractivity contribution is -0.135. The maximum atomic E-state index is 14.4. The number of rotatable bonds is 10. The second-order valence-electron chi connectivity index (χ2n) is 13.2. The number of fused-ring (bicyclic) bond motifs is 1. The zero-order chi connectivity index (χ0) is 35.6. The van der Waals surface area contributed by atoms with Gasteiger partial charge in [-0.15, -0.1) is 0 Å². The van der Waals surface area contributed by atoms with Gasteiger partial charge in [-0.05, 0) is 75.5 Å². The summed E-state index contributed by atoms with van der Waals surface area (Å²) in [7, 11) is 2.13. The molecule has 0 spiro atoms. The van der Waals surface area contributed by atoms with Crippen LogP contribution < -0.4 is 19.9 Å². The van der Waals surface area contributed by atoms with E-state index in [9.17, 15) is 9.59 Å². The standard InChI is InChI=1S/C35H41ClN6O4.C4H10/c1-25(2)46-32-7-5-4-6-31(32)42-33(37-30-13-10-27(22-29(30)35(42)44)40-18-14-38(3)15-19-40)23-39-16-20-41(21-17-39)34(43)24-45-28-11-8-26(36)9-12-28;1-3-4-2/h4-13,22,25H,14-21,23-24H2,1-3H3;3-4H2,1-2H3. The van der Waals surface area contributed by atoms with E-state index >= 15 is 0 Å². The molecule has 2 fully saturated rings. The van der Waals surface area contributed by atoms with Gasteiger partial charge in [-0.3, -0.25) is 19.1 Å². The third-order valence-corrected chi connectivity index (χ3v) is 9.28. The first kappa shape index (κ1) is 37.1. The van der Waals surface area contributed by atoms with Gasteiger partial charge in [-0.25, -0.2) is 4.98 Å². The highest BCUT2D eigenvalue weighted by Gasteiger charge is 2.25. The highest BCUT2D eigenvalue weighted by atomic mass is 35.5. The van der Waals surface area contributed by atoms with Gasteiger partial charge in [-0.1, -0.05) is 50.4 Å². The van der Waals surface area contributed by atoms with Crippen LogP contribution in [0.25, 0.3) is 16.6 Å². The van der Waals surface area contributed by atoms with Crippen molar-refractivity contribution in [2.45, 2.75) is 53.2 Å². The van der Waals surface area contributed by atoms with Crippen LogP contribution in [0.4, 0.5) is 5.69 Å². The van der Waals surface area contributed by atoms with Crippen molar-refractivity contribution in [2.24, 2.45) is 0 Å². The first-order valence-electron chi connectivity index (χ1n) is 17.8. The van der Waals surface area contributed by atoms with Gasteiger partial charge in [0.15, 0.2) is 6.61 Å². The summed E-state index contributed by atoms with van der Waals surface area (Å²) in [6.07, 6.45) is 2.58. The molecular formula is C39H51ClN6O4. The summed E-state index contributed by atoms with van der Waals surface area (Å²) >= 11 is 5.95. The predicted molar refractivity (Wildman–Crippen MR) is 202 cm³/mol. The fourth-order valence-electron chi connectivity index (χ4n) is 5.95. The Morgan fingerprint density at radius 3 is 2.22 bits per heavy atom. The van der Waals surface area contributed by atoms with Gasteiger partial charge in [0.1, 0.15) is 17.3 Å². The second-order valence-corrected chi connectivity index (χ2v) is 13.6. The van der Waals surface area contributed by atoms with Gasteiger partial charge in [0.2, 0.25) is 0 Å². The molecule has 0 saturated carbocycles. The molecule has 3 aromatic carbocycles. The summed E-state index contributed by atoms with van der Waals surface area (Å²) in [5.41, 5.74) is 2.25. The number of halogens is 1. The molecule has 2 aliphatic rings. The Labute approximate surface area is 301 Å². The van der Waals surface area contributed by atoms with E-state index in [4.69, 9.17) is 26.1 Å². The van der Waals surface area contributed by atoms with Crippen LogP contribution in [-0.4, -0.2) is 102 Å². The van der Waals surface area contributed by atoms with Gasteiger partial charge < -0.3 is 24.2 Å². The Hall–Kier alpha value is -4.12. The van der Waals surface area contributed by atoms with Crippen LogP contribution in [-0.2, 0) is 11.3 Å². The Kier molecular flexibility index (Phi) is 13.1. The maximum Gasteiger partial charge on any atom is 0.266 e. The molecule has 268 valence electrons. The van der Waals surface area contributed by atoms with Crippen molar-refractivity contribution in [3.05, 3.63) is 87.9 Å². The lowest BCUT2D eigenvalue weighted by Gasteiger charge is -2.35. The number of unbranched alkanes of at least 4 members (excludes halogenated alkanes) is 1. The third-order valence-electron chi connectivity index (χ3n) is 9.02. The number of amides is 1. The predicted octanol–water partition coefficient (Wildman–Crippen LogP) is 6.11. The molecule has 0 atom stereocenters. The monoisotopic (exact) mass is 702 g/mol. The molecule has 0 unspecified atom stereocenters. The minimum absolute atomic E-state index is 0.0316. The number of aromatic nitrogens is 2. The average molecular weight is 703 g/mol. The molecule has 11 heteroatoms. The van der Waals surface area contributed by atoms with Crippen LogP contribution in [0, 0.1) is 0 Å². The van der Waals surface area contributed by atoms with E-state index in [1.807, 2.05) is 55.1 Å². The van der Waals surface area contributed by atoms with Crippen LogP contribution in [0.3, 0.4) is 0 Å². The number of piperazine rings is 2. The molecule has 2 saturated heterocycles. The molecule has 3 heterocycles. The minimum atomic E-state index is -0.121.